The Morgan fingerprint density at radius 2 is 0.891 bits per heavy atom. The zero-order valence-corrected chi connectivity index (χ0v) is 30.7. The average Bonchev–Trinajstić information content (AvgIpc) is 3.88. The van der Waals surface area contributed by atoms with Crippen molar-refractivity contribution in [1.29, 1.82) is 0 Å². The normalized spacial score (nSPS) is 13.2. The van der Waals surface area contributed by atoms with Crippen LogP contribution in [0.3, 0.4) is 0 Å². The van der Waals surface area contributed by atoms with Crippen LogP contribution in [0.25, 0.3) is 64.3 Å². The van der Waals surface area contributed by atoms with Gasteiger partial charge in [0.05, 0.1) is 15.8 Å². The van der Waals surface area contributed by atoms with Gasteiger partial charge in [-0.3, -0.25) is 0 Å². The molecule has 2 aliphatic rings. The molecule has 12 rings (SSSR count). The highest BCUT2D eigenvalue weighted by Crippen LogP contribution is 2.63. The van der Waals surface area contributed by atoms with E-state index < -0.39 is 5.41 Å². The summed E-state index contributed by atoms with van der Waals surface area (Å²) in [5.74, 6) is 0. The van der Waals surface area contributed by atoms with Crippen LogP contribution in [0.2, 0.25) is 0 Å². The van der Waals surface area contributed by atoms with E-state index in [0.29, 0.717) is 0 Å². The molecular weight excluding hydrogens is 683 g/mol. The van der Waals surface area contributed by atoms with Crippen LogP contribution >= 0.6 is 11.3 Å². The Labute approximate surface area is 324 Å². The van der Waals surface area contributed by atoms with Gasteiger partial charge in [0.25, 0.3) is 0 Å². The Hall–Kier alpha value is -6.74. The summed E-state index contributed by atoms with van der Waals surface area (Å²) in [6, 6.07) is 74.5. The molecule has 0 N–H and O–H groups in total. The fourth-order valence-corrected chi connectivity index (χ4v) is 11.0. The van der Waals surface area contributed by atoms with Crippen molar-refractivity contribution >= 4 is 59.3 Å². The molecule has 2 heteroatoms. The van der Waals surface area contributed by atoms with Crippen molar-refractivity contribution in [1.82, 2.24) is 0 Å². The van der Waals surface area contributed by atoms with E-state index in [9.17, 15) is 0 Å². The molecule has 0 atom stereocenters. The number of fused-ring (bicyclic) bond motifs is 14. The average molecular weight is 716 g/mol. The van der Waals surface area contributed by atoms with Gasteiger partial charge in [-0.15, -0.1) is 11.3 Å². The van der Waals surface area contributed by atoms with E-state index in [0.717, 1.165) is 11.4 Å². The second-order valence-corrected chi connectivity index (χ2v) is 15.8. The van der Waals surface area contributed by atoms with Gasteiger partial charge in [0, 0.05) is 26.8 Å². The summed E-state index contributed by atoms with van der Waals surface area (Å²) in [6.45, 7) is 0. The van der Waals surface area contributed by atoms with Gasteiger partial charge in [-0.1, -0.05) is 164 Å². The van der Waals surface area contributed by atoms with Crippen LogP contribution in [0, 0.1) is 0 Å². The third-order valence-electron chi connectivity index (χ3n) is 12.1. The fourth-order valence-electron chi connectivity index (χ4n) is 9.82. The first kappa shape index (κ1) is 30.7. The third kappa shape index (κ3) is 4.23. The Morgan fingerprint density at radius 3 is 1.62 bits per heavy atom. The number of thiophene rings is 1. The van der Waals surface area contributed by atoms with E-state index in [-0.39, 0.29) is 0 Å². The first-order chi connectivity index (χ1) is 27.3. The van der Waals surface area contributed by atoms with E-state index in [4.69, 9.17) is 0 Å². The number of anilines is 3. The van der Waals surface area contributed by atoms with Gasteiger partial charge in [0.15, 0.2) is 0 Å². The molecule has 1 spiro atoms. The van der Waals surface area contributed by atoms with Gasteiger partial charge < -0.3 is 4.90 Å². The van der Waals surface area contributed by atoms with Crippen molar-refractivity contribution in [2.75, 3.05) is 4.90 Å². The quantitative estimate of drug-likeness (QED) is 0.175. The smallest absolute Gasteiger partial charge is 0.0726 e. The monoisotopic (exact) mass is 715 g/mol. The zero-order chi connectivity index (χ0) is 36.1. The van der Waals surface area contributed by atoms with Gasteiger partial charge >= 0.3 is 0 Å². The minimum atomic E-state index is -0.414. The van der Waals surface area contributed by atoms with Crippen molar-refractivity contribution < 1.29 is 0 Å². The van der Waals surface area contributed by atoms with E-state index in [1.807, 2.05) is 11.3 Å². The first-order valence-corrected chi connectivity index (χ1v) is 19.8. The van der Waals surface area contributed by atoms with Crippen LogP contribution in [-0.4, -0.2) is 0 Å². The number of hydrogen-bond donors (Lipinski definition) is 0. The van der Waals surface area contributed by atoms with Gasteiger partial charge in [-0.05, 0) is 103 Å². The molecule has 1 nitrogen and oxygen atoms in total. The third-order valence-corrected chi connectivity index (χ3v) is 13.3. The molecule has 0 saturated carbocycles. The van der Waals surface area contributed by atoms with Crippen molar-refractivity contribution in [2.45, 2.75) is 5.41 Å². The summed E-state index contributed by atoms with van der Waals surface area (Å²) >= 11 is 1.88. The number of rotatable bonds is 4. The summed E-state index contributed by atoms with van der Waals surface area (Å²) < 4.78 is 2.59. The topological polar surface area (TPSA) is 3.24 Å². The molecule has 0 amide bonds. The van der Waals surface area contributed by atoms with Gasteiger partial charge in [-0.2, -0.15) is 0 Å². The maximum absolute atomic E-state index is 2.50. The molecule has 1 aromatic heterocycles. The molecule has 2 aliphatic carbocycles. The fraction of sp³-hybridized carbons (Fsp3) is 0.0189. The van der Waals surface area contributed by atoms with Crippen LogP contribution < -0.4 is 4.90 Å². The Bertz CT molecular complexity index is 3100. The standard InChI is InChI=1S/C53H33NS/c1-2-15-38-34(13-1)14-11-20-39(38)35-27-29-36(30-28-35)54(50-25-12-21-45-44-19-6-10-26-51(44)55-52(45)50)37-31-32-43-42-18-5-9-24-48(42)53(49(43)33-37)46-22-7-3-16-40(46)41-17-4-8-23-47(41)53/h1-33H. The van der Waals surface area contributed by atoms with Crippen LogP contribution in [0.4, 0.5) is 17.1 Å². The van der Waals surface area contributed by atoms with E-state index in [2.05, 4.69) is 205 Å². The van der Waals surface area contributed by atoms with Crippen molar-refractivity contribution in [3.8, 4) is 33.4 Å². The van der Waals surface area contributed by atoms with Gasteiger partial charge in [0.1, 0.15) is 0 Å². The zero-order valence-electron chi connectivity index (χ0n) is 29.9. The lowest BCUT2D eigenvalue weighted by Crippen LogP contribution is -2.26. The minimum Gasteiger partial charge on any atom is -0.309 e. The number of hydrogen-bond acceptors (Lipinski definition) is 2. The lowest BCUT2D eigenvalue weighted by molar-refractivity contribution is 0.793. The van der Waals surface area contributed by atoms with E-state index in [1.54, 1.807) is 0 Å². The molecule has 0 aliphatic heterocycles. The highest BCUT2D eigenvalue weighted by atomic mass is 32.1. The predicted octanol–water partition coefficient (Wildman–Crippen LogP) is 14.7. The SMILES string of the molecule is c1ccc2c(c1)-c1ccccc1C21c2ccccc2-c2ccc(N(c3ccc(-c4cccc5ccccc45)cc3)c3cccc4c3sc3ccccc34)cc21. The van der Waals surface area contributed by atoms with Crippen molar-refractivity contribution in [3.05, 3.63) is 222 Å². The summed E-state index contributed by atoms with van der Waals surface area (Å²) in [4.78, 5) is 2.49. The maximum Gasteiger partial charge on any atom is 0.0726 e. The largest absolute Gasteiger partial charge is 0.309 e. The second kappa shape index (κ2) is 11.6. The van der Waals surface area contributed by atoms with Crippen LogP contribution in [0.15, 0.2) is 200 Å². The van der Waals surface area contributed by atoms with Crippen LogP contribution in [-0.2, 0) is 5.41 Å². The number of benzene rings is 9. The summed E-state index contributed by atoms with van der Waals surface area (Å²) in [7, 11) is 0. The second-order valence-electron chi connectivity index (χ2n) is 14.8. The molecule has 1 heterocycles. The molecule has 55 heavy (non-hydrogen) atoms. The Kier molecular flexibility index (Phi) is 6.49. The van der Waals surface area contributed by atoms with Crippen LogP contribution in [0.1, 0.15) is 22.3 Å². The van der Waals surface area contributed by atoms with Crippen LogP contribution in [0.5, 0.6) is 0 Å². The molecule has 9 aromatic carbocycles. The molecular formula is C53H33NS. The Balaban J connectivity index is 1.12. The van der Waals surface area contributed by atoms with Gasteiger partial charge in [-0.25, -0.2) is 0 Å². The molecule has 0 radical (unpaired) electrons. The molecule has 0 saturated heterocycles. The molecule has 0 unspecified atom stereocenters. The lowest BCUT2D eigenvalue weighted by atomic mass is 9.70. The minimum absolute atomic E-state index is 0.414. The molecule has 0 bridgehead atoms. The summed E-state index contributed by atoms with van der Waals surface area (Å²) in [5, 5.41) is 5.12. The highest BCUT2D eigenvalue weighted by molar-refractivity contribution is 7.26. The Morgan fingerprint density at radius 1 is 0.364 bits per heavy atom. The van der Waals surface area contributed by atoms with Gasteiger partial charge in [0.2, 0.25) is 0 Å². The molecule has 256 valence electrons. The van der Waals surface area contributed by atoms with Crippen molar-refractivity contribution in [3.63, 3.8) is 0 Å². The maximum atomic E-state index is 2.50. The molecule has 10 aromatic rings. The molecule has 0 fully saturated rings. The summed E-state index contributed by atoms with van der Waals surface area (Å²) in [5.41, 5.74) is 16.2. The first-order valence-electron chi connectivity index (χ1n) is 19.0. The van der Waals surface area contributed by atoms with E-state index >= 15 is 0 Å². The number of nitrogens with zero attached hydrogens (tertiary/aromatic N) is 1. The summed E-state index contributed by atoms with van der Waals surface area (Å²) in [6.07, 6.45) is 0. The highest BCUT2D eigenvalue weighted by Gasteiger charge is 2.51. The predicted molar refractivity (Wildman–Crippen MR) is 233 cm³/mol. The van der Waals surface area contributed by atoms with E-state index in [1.165, 1.54) is 92.3 Å². The lowest BCUT2D eigenvalue weighted by Gasteiger charge is -2.32. The van der Waals surface area contributed by atoms with Crippen molar-refractivity contribution in [2.24, 2.45) is 0 Å².